The number of benzene rings is 1. The lowest BCUT2D eigenvalue weighted by atomic mass is 10.3. The SMILES string of the molecule is Cc1nn(C)c(Sc2cc(O)c(Cl)cc2Cl)c1C=O. The molecule has 0 aliphatic carbocycles. The predicted octanol–water partition coefficient (Wildman–Crippen LogP) is 3.70. The number of hydrogen-bond acceptors (Lipinski definition) is 4. The number of phenolic OH excluding ortho intramolecular Hbond substituents is 1. The molecular weight excluding hydrogens is 307 g/mol. The van der Waals surface area contributed by atoms with E-state index in [1.54, 1.807) is 18.7 Å². The lowest BCUT2D eigenvalue weighted by Gasteiger charge is -2.07. The zero-order chi connectivity index (χ0) is 14.2. The summed E-state index contributed by atoms with van der Waals surface area (Å²) < 4.78 is 1.60. The first kappa shape index (κ1) is 14.2. The summed E-state index contributed by atoms with van der Waals surface area (Å²) in [4.78, 5) is 11.7. The minimum absolute atomic E-state index is 0.0555. The van der Waals surface area contributed by atoms with Gasteiger partial charge in [0.25, 0.3) is 0 Å². The minimum atomic E-state index is -0.0555. The summed E-state index contributed by atoms with van der Waals surface area (Å²) in [5, 5.41) is 15.0. The molecule has 0 fully saturated rings. The second-order valence-corrected chi connectivity index (χ2v) is 5.73. The van der Waals surface area contributed by atoms with Crippen LogP contribution >= 0.6 is 35.0 Å². The van der Waals surface area contributed by atoms with Crippen molar-refractivity contribution in [3.63, 3.8) is 0 Å². The molecule has 0 spiro atoms. The maximum Gasteiger partial charge on any atom is 0.154 e. The van der Waals surface area contributed by atoms with Gasteiger partial charge in [-0.05, 0) is 19.1 Å². The van der Waals surface area contributed by atoms with Crippen molar-refractivity contribution in [1.29, 1.82) is 0 Å². The number of phenols is 1. The molecule has 0 unspecified atom stereocenters. The lowest BCUT2D eigenvalue weighted by molar-refractivity contribution is 0.112. The summed E-state index contributed by atoms with van der Waals surface area (Å²) in [5.41, 5.74) is 1.16. The molecule has 0 radical (unpaired) electrons. The molecule has 1 aromatic carbocycles. The van der Waals surface area contributed by atoms with Crippen molar-refractivity contribution in [3.05, 3.63) is 33.4 Å². The first-order chi connectivity index (χ1) is 8.93. The molecule has 2 rings (SSSR count). The molecular formula is C12H10Cl2N2O2S. The Morgan fingerprint density at radius 3 is 2.68 bits per heavy atom. The van der Waals surface area contributed by atoms with Crippen LogP contribution in [0, 0.1) is 6.92 Å². The van der Waals surface area contributed by atoms with Crippen LogP contribution in [0.2, 0.25) is 10.0 Å². The van der Waals surface area contributed by atoms with E-state index in [4.69, 9.17) is 23.2 Å². The van der Waals surface area contributed by atoms with Crippen molar-refractivity contribution >= 4 is 41.2 Å². The van der Waals surface area contributed by atoms with Crippen molar-refractivity contribution in [1.82, 2.24) is 9.78 Å². The van der Waals surface area contributed by atoms with E-state index in [0.29, 0.717) is 26.2 Å². The van der Waals surface area contributed by atoms with Gasteiger partial charge in [-0.25, -0.2) is 0 Å². The number of halogens is 2. The number of aldehydes is 1. The molecule has 1 aromatic heterocycles. The Kier molecular flexibility index (Phi) is 4.08. The van der Waals surface area contributed by atoms with E-state index in [0.717, 1.165) is 6.29 Å². The first-order valence-corrected chi connectivity index (χ1v) is 6.86. The maximum atomic E-state index is 11.1. The summed E-state index contributed by atoms with van der Waals surface area (Å²) >= 11 is 13.1. The molecule has 7 heteroatoms. The van der Waals surface area contributed by atoms with Gasteiger partial charge in [0, 0.05) is 11.9 Å². The molecule has 0 atom stereocenters. The summed E-state index contributed by atoms with van der Waals surface area (Å²) in [6, 6.07) is 2.93. The Labute approximate surface area is 124 Å². The highest BCUT2D eigenvalue weighted by Gasteiger charge is 2.16. The average molecular weight is 317 g/mol. The fourth-order valence-electron chi connectivity index (χ4n) is 1.61. The van der Waals surface area contributed by atoms with E-state index in [-0.39, 0.29) is 10.8 Å². The highest BCUT2D eigenvalue weighted by molar-refractivity contribution is 7.99. The molecule has 19 heavy (non-hydrogen) atoms. The number of rotatable bonds is 3. The number of hydrogen-bond donors (Lipinski definition) is 1. The normalized spacial score (nSPS) is 10.7. The number of aromatic nitrogens is 2. The van der Waals surface area contributed by atoms with E-state index in [2.05, 4.69) is 5.10 Å². The second kappa shape index (κ2) is 5.45. The van der Waals surface area contributed by atoms with Gasteiger partial charge in [0.05, 0.1) is 21.3 Å². The van der Waals surface area contributed by atoms with Gasteiger partial charge < -0.3 is 5.11 Å². The smallest absolute Gasteiger partial charge is 0.154 e. The molecule has 100 valence electrons. The van der Waals surface area contributed by atoms with Crippen LogP contribution in [0.3, 0.4) is 0 Å². The predicted molar refractivity (Wildman–Crippen MR) is 75.6 cm³/mol. The van der Waals surface area contributed by atoms with Gasteiger partial charge >= 0.3 is 0 Å². The van der Waals surface area contributed by atoms with Crippen molar-refractivity contribution in [2.75, 3.05) is 0 Å². The standard InChI is InChI=1S/C12H10Cl2N2O2S/c1-6-7(5-17)12(16(2)15-6)19-11-4-10(18)8(13)3-9(11)14/h3-5,18H,1-2H3. The minimum Gasteiger partial charge on any atom is -0.506 e. The Bertz CT molecular complexity index is 656. The van der Waals surface area contributed by atoms with Crippen LogP contribution in [-0.4, -0.2) is 21.2 Å². The second-order valence-electron chi connectivity index (χ2n) is 3.88. The summed E-state index contributed by atoms with van der Waals surface area (Å²) in [5.74, 6) is -0.0555. The van der Waals surface area contributed by atoms with Gasteiger partial charge in [0.2, 0.25) is 0 Å². The molecule has 4 nitrogen and oxygen atoms in total. The van der Waals surface area contributed by atoms with Crippen molar-refractivity contribution < 1.29 is 9.90 Å². The van der Waals surface area contributed by atoms with Gasteiger partial charge in [-0.3, -0.25) is 9.48 Å². The van der Waals surface area contributed by atoms with Gasteiger partial charge in [0.1, 0.15) is 10.8 Å². The Hall–Kier alpha value is -1.17. The Morgan fingerprint density at radius 2 is 2.05 bits per heavy atom. The van der Waals surface area contributed by atoms with Crippen LogP contribution in [0.4, 0.5) is 0 Å². The van der Waals surface area contributed by atoms with E-state index < -0.39 is 0 Å². The summed E-state index contributed by atoms with van der Waals surface area (Å²) in [7, 11) is 1.74. The van der Waals surface area contributed by atoms with E-state index in [1.807, 2.05) is 0 Å². The third-order valence-electron chi connectivity index (χ3n) is 2.54. The van der Waals surface area contributed by atoms with Gasteiger partial charge in [-0.1, -0.05) is 35.0 Å². The quantitative estimate of drug-likeness (QED) is 0.877. The fourth-order valence-corrected chi connectivity index (χ4v) is 3.12. The van der Waals surface area contributed by atoms with Crippen molar-refractivity contribution in [3.8, 4) is 5.75 Å². The topological polar surface area (TPSA) is 55.1 Å². The third kappa shape index (κ3) is 2.73. The van der Waals surface area contributed by atoms with Crippen LogP contribution in [0.5, 0.6) is 5.75 Å². The molecule has 0 bridgehead atoms. The highest BCUT2D eigenvalue weighted by atomic mass is 35.5. The first-order valence-electron chi connectivity index (χ1n) is 5.28. The van der Waals surface area contributed by atoms with E-state index in [1.165, 1.54) is 23.9 Å². The zero-order valence-electron chi connectivity index (χ0n) is 10.1. The molecule has 0 saturated carbocycles. The molecule has 1 N–H and O–H groups in total. The average Bonchev–Trinajstić information content (AvgIpc) is 2.60. The lowest BCUT2D eigenvalue weighted by Crippen LogP contribution is -1.93. The number of nitrogens with zero attached hydrogens (tertiary/aromatic N) is 2. The number of aromatic hydroxyl groups is 1. The van der Waals surface area contributed by atoms with E-state index in [9.17, 15) is 9.90 Å². The molecule has 0 amide bonds. The van der Waals surface area contributed by atoms with Gasteiger partial charge in [-0.15, -0.1) is 0 Å². The van der Waals surface area contributed by atoms with Crippen LogP contribution in [0.1, 0.15) is 16.1 Å². The van der Waals surface area contributed by atoms with E-state index >= 15 is 0 Å². The van der Waals surface area contributed by atoms with Crippen LogP contribution in [-0.2, 0) is 7.05 Å². The molecule has 0 aliphatic heterocycles. The van der Waals surface area contributed by atoms with Crippen molar-refractivity contribution in [2.45, 2.75) is 16.8 Å². The fraction of sp³-hybridized carbons (Fsp3) is 0.167. The third-order valence-corrected chi connectivity index (χ3v) is 4.50. The number of carbonyl (C=O) groups is 1. The monoisotopic (exact) mass is 316 g/mol. The highest BCUT2D eigenvalue weighted by Crippen LogP contribution is 2.40. The summed E-state index contributed by atoms with van der Waals surface area (Å²) in [6.07, 6.45) is 0.758. The summed E-state index contributed by atoms with van der Waals surface area (Å²) in [6.45, 7) is 1.76. The van der Waals surface area contributed by atoms with Crippen molar-refractivity contribution in [2.24, 2.45) is 7.05 Å². The van der Waals surface area contributed by atoms with Gasteiger partial charge in [0.15, 0.2) is 6.29 Å². The molecule has 2 aromatic rings. The molecule has 1 heterocycles. The van der Waals surface area contributed by atoms with Crippen LogP contribution in [0.15, 0.2) is 22.1 Å². The van der Waals surface area contributed by atoms with Crippen LogP contribution < -0.4 is 0 Å². The largest absolute Gasteiger partial charge is 0.506 e. The number of aryl methyl sites for hydroxylation is 2. The molecule has 0 aliphatic rings. The molecule has 0 saturated heterocycles. The van der Waals surface area contributed by atoms with Gasteiger partial charge in [-0.2, -0.15) is 5.10 Å². The number of carbonyl (C=O) groups excluding carboxylic acids is 1. The Balaban J connectivity index is 2.47. The van der Waals surface area contributed by atoms with Crippen LogP contribution in [0.25, 0.3) is 0 Å². The maximum absolute atomic E-state index is 11.1. The Morgan fingerprint density at radius 1 is 1.37 bits per heavy atom. The zero-order valence-corrected chi connectivity index (χ0v) is 12.5.